The van der Waals surface area contributed by atoms with E-state index in [9.17, 15) is 9.59 Å². The summed E-state index contributed by atoms with van der Waals surface area (Å²) in [5, 5.41) is 3.02. The van der Waals surface area contributed by atoms with Gasteiger partial charge >= 0.3 is 0 Å². The number of nitrogens with zero attached hydrogens (tertiary/aromatic N) is 1. The van der Waals surface area contributed by atoms with Gasteiger partial charge in [0.05, 0.1) is 16.1 Å². The molecule has 5 heteroatoms. The molecule has 0 spiro atoms. The third-order valence-corrected chi connectivity index (χ3v) is 4.87. The zero-order valence-electron chi connectivity index (χ0n) is 14.9. The van der Waals surface area contributed by atoms with Crippen molar-refractivity contribution in [2.24, 2.45) is 5.84 Å². The molecule has 0 fully saturated rings. The fraction of sp³-hybridized carbons (Fsp3) is 0.0909. The van der Waals surface area contributed by atoms with E-state index in [0.717, 1.165) is 22.1 Å². The van der Waals surface area contributed by atoms with Gasteiger partial charge in [-0.2, -0.15) is 0 Å². The molecule has 2 aliphatic rings. The van der Waals surface area contributed by atoms with Crippen molar-refractivity contribution in [1.29, 1.82) is 0 Å². The second kappa shape index (κ2) is 6.70. The topological polar surface area (TPSA) is 75.4 Å². The smallest absolute Gasteiger partial charge is 0.201 e. The van der Waals surface area contributed by atoms with Gasteiger partial charge in [0.2, 0.25) is 5.43 Å². The van der Waals surface area contributed by atoms with Crippen molar-refractivity contribution in [3.8, 4) is 0 Å². The Balaban J connectivity index is 2.29. The summed E-state index contributed by atoms with van der Waals surface area (Å²) in [4.78, 5) is 27.8. The molecular formula is C22H19N3O2. The minimum atomic E-state index is -0.313. The predicted molar refractivity (Wildman–Crippen MR) is 109 cm³/mol. The number of hydrazine groups is 1. The maximum Gasteiger partial charge on any atom is 0.201 e. The van der Waals surface area contributed by atoms with E-state index in [-0.39, 0.29) is 16.1 Å². The van der Waals surface area contributed by atoms with Gasteiger partial charge in [-0.3, -0.25) is 15.4 Å². The van der Waals surface area contributed by atoms with Crippen LogP contribution in [0.4, 0.5) is 11.4 Å². The number of hydrogen-bond donors (Lipinski definition) is 2. The first kappa shape index (κ1) is 17.0. The summed E-state index contributed by atoms with van der Waals surface area (Å²) < 4.78 is 0. The van der Waals surface area contributed by atoms with Crippen LogP contribution in [0.25, 0.3) is 17.0 Å². The molecule has 0 atom stereocenters. The Labute approximate surface area is 155 Å². The second-order valence-electron chi connectivity index (χ2n) is 6.32. The first-order chi connectivity index (χ1) is 13.2. The van der Waals surface area contributed by atoms with Gasteiger partial charge < -0.3 is 10.3 Å². The Hall–Kier alpha value is -3.44. The summed E-state index contributed by atoms with van der Waals surface area (Å²) in [6.07, 6.45) is 1.47. The molecule has 2 aromatic carbocycles. The van der Waals surface area contributed by atoms with Crippen LogP contribution in [-0.2, 0) is 0 Å². The fourth-order valence-electron chi connectivity index (χ4n) is 3.76. The lowest BCUT2D eigenvalue weighted by Crippen LogP contribution is -2.38. The Morgan fingerprint density at radius 3 is 2.44 bits per heavy atom. The van der Waals surface area contributed by atoms with E-state index in [2.05, 4.69) is 10.3 Å². The molecule has 0 heterocycles. The standard InChI is InChI=1S/C22H19N3O2/c1-2-25(15-8-4-3-5-9-15)21-16-10-6-7-14-11-12-18(26)20(19(14)16)22(27)17(21)13-24-23/h3-13,24H,2,23H2,1H3/b17-13-. The van der Waals surface area contributed by atoms with Crippen molar-refractivity contribution in [1.82, 2.24) is 5.43 Å². The van der Waals surface area contributed by atoms with Crippen molar-refractivity contribution in [2.75, 3.05) is 11.4 Å². The van der Waals surface area contributed by atoms with Gasteiger partial charge in [-0.15, -0.1) is 0 Å². The largest absolute Gasteiger partial charge is 0.341 e. The number of anilines is 2. The highest BCUT2D eigenvalue weighted by Crippen LogP contribution is 2.28. The highest BCUT2D eigenvalue weighted by molar-refractivity contribution is 5.87. The number of hydrogen-bond acceptors (Lipinski definition) is 5. The lowest BCUT2D eigenvalue weighted by Gasteiger charge is -2.25. The number of benzene rings is 2. The van der Waals surface area contributed by atoms with Crippen LogP contribution in [0.2, 0.25) is 0 Å². The van der Waals surface area contributed by atoms with Gasteiger partial charge in [-0.1, -0.05) is 42.5 Å². The Bertz CT molecular complexity index is 1340. The molecular weight excluding hydrogens is 338 g/mol. The summed E-state index contributed by atoms with van der Waals surface area (Å²) in [7, 11) is 0. The molecule has 2 aromatic rings. The Morgan fingerprint density at radius 2 is 1.74 bits per heavy atom. The molecule has 0 amide bonds. The Morgan fingerprint density at radius 1 is 0.963 bits per heavy atom. The SMILES string of the molecule is CCN(c1ccccc1)c1/c(=C/NN)c(=O)c2c(=O)ccc3cccc1c3=2. The monoisotopic (exact) mass is 357 g/mol. The molecule has 0 unspecified atom stereocenters. The average Bonchev–Trinajstić information content (AvgIpc) is 2.70. The van der Waals surface area contributed by atoms with Gasteiger partial charge in [-0.25, -0.2) is 0 Å². The fourth-order valence-corrected chi connectivity index (χ4v) is 3.76. The molecule has 0 aliphatic heterocycles. The summed E-state index contributed by atoms with van der Waals surface area (Å²) in [5.41, 5.74) is 3.60. The first-order valence-electron chi connectivity index (χ1n) is 8.81. The Kier molecular flexibility index (Phi) is 4.22. The van der Waals surface area contributed by atoms with E-state index < -0.39 is 0 Å². The number of nitrogens with one attached hydrogen (secondary N) is 1. The zero-order chi connectivity index (χ0) is 19.0. The van der Waals surface area contributed by atoms with E-state index in [1.165, 1.54) is 12.3 Å². The molecule has 134 valence electrons. The van der Waals surface area contributed by atoms with E-state index in [4.69, 9.17) is 5.84 Å². The third-order valence-electron chi connectivity index (χ3n) is 4.87. The van der Waals surface area contributed by atoms with Crippen molar-refractivity contribution in [2.45, 2.75) is 6.92 Å². The van der Waals surface area contributed by atoms with Crippen LogP contribution in [0.3, 0.4) is 0 Å². The summed E-state index contributed by atoms with van der Waals surface area (Å²) in [6.45, 7) is 2.68. The minimum absolute atomic E-state index is 0.206. The van der Waals surface area contributed by atoms with Crippen LogP contribution < -0.4 is 32.2 Å². The number of para-hydroxylation sites is 1. The molecule has 5 nitrogen and oxygen atoms in total. The highest BCUT2D eigenvalue weighted by Gasteiger charge is 2.18. The van der Waals surface area contributed by atoms with Crippen molar-refractivity contribution in [3.63, 3.8) is 0 Å². The van der Waals surface area contributed by atoms with E-state index in [0.29, 0.717) is 17.0 Å². The van der Waals surface area contributed by atoms with E-state index in [1.807, 2.05) is 55.5 Å². The molecule has 27 heavy (non-hydrogen) atoms. The molecule has 0 saturated heterocycles. The van der Waals surface area contributed by atoms with Crippen LogP contribution in [0.5, 0.6) is 0 Å². The van der Waals surface area contributed by atoms with Gasteiger partial charge in [0.25, 0.3) is 0 Å². The first-order valence-corrected chi connectivity index (χ1v) is 8.81. The highest BCUT2D eigenvalue weighted by atomic mass is 16.1. The van der Waals surface area contributed by atoms with Gasteiger partial charge in [0, 0.05) is 29.0 Å². The molecule has 0 saturated carbocycles. The lowest BCUT2D eigenvalue weighted by atomic mass is 9.99. The van der Waals surface area contributed by atoms with Crippen LogP contribution in [0, 0.1) is 10.4 Å². The van der Waals surface area contributed by atoms with E-state index in [1.54, 1.807) is 6.07 Å². The van der Waals surface area contributed by atoms with Gasteiger partial charge in [0.15, 0.2) is 5.43 Å². The second-order valence-corrected chi connectivity index (χ2v) is 6.32. The molecule has 0 bridgehead atoms. The number of nitrogens with two attached hydrogens (primary N) is 1. The minimum Gasteiger partial charge on any atom is -0.341 e. The maximum atomic E-state index is 13.3. The van der Waals surface area contributed by atoms with Crippen molar-refractivity contribution >= 4 is 28.3 Å². The number of rotatable bonds is 4. The van der Waals surface area contributed by atoms with Crippen molar-refractivity contribution < 1.29 is 0 Å². The van der Waals surface area contributed by atoms with Crippen LogP contribution in [0.15, 0.2) is 70.3 Å². The molecule has 2 aliphatic carbocycles. The van der Waals surface area contributed by atoms with Crippen LogP contribution in [-0.4, -0.2) is 6.54 Å². The van der Waals surface area contributed by atoms with Gasteiger partial charge in [0.1, 0.15) is 0 Å². The average molecular weight is 357 g/mol. The van der Waals surface area contributed by atoms with E-state index >= 15 is 0 Å². The van der Waals surface area contributed by atoms with Crippen LogP contribution >= 0.6 is 0 Å². The van der Waals surface area contributed by atoms with Gasteiger partial charge in [-0.05, 0) is 30.5 Å². The summed E-state index contributed by atoms with van der Waals surface area (Å²) in [5.74, 6) is 5.53. The molecule has 0 radical (unpaired) electrons. The summed E-state index contributed by atoms with van der Waals surface area (Å²) >= 11 is 0. The zero-order valence-corrected chi connectivity index (χ0v) is 14.9. The quantitative estimate of drug-likeness (QED) is 0.430. The normalized spacial score (nSPS) is 12.0. The molecule has 0 aromatic heterocycles. The van der Waals surface area contributed by atoms with Crippen molar-refractivity contribution in [3.05, 3.63) is 96.8 Å². The third kappa shape index (κ3) is 2.60. The molecule has 4 rings (SSSR count). The maximum absolute atomic E-state index is 13.3. The summed E-state index contributed by atoms with van der Waals surface area (Å²) in [6, 6.07) is 18.9. The molecule has 3 N–H and O–H groups in total. The van der Waals surface area contributed by atoms with Crippen LogP contribution in [0.1, 0.15) is 6.92 Å². The predicted octanol–water partition coefficient (Wildman–Crippen LogP) is 1.80. The lowest BCUT2D eigenvalue weighted by molar-refractivity contribution is 1.000.